The summed E-state index contributed by atoms with van der Waals surface area (Å²) in [4.78, 5) is 11.7. The number of esters is 1. The normalized spacial score (nSPS) is 10.7. The van der Waals surface area contributed by atoms with Crippen LogP contribution in [-0.4, -0.2) is 23.4 Å². The number of hydrogen-bond acceptors (Lipinski definition) is 4. The second kappa shape index (κ2) is 11.4. The minimum Gasteiger partial charge on any atom is -0.507 e. The molecule has 1 rings (SSSR count). The van der Waals surface area contributed by atoms with E-state index in [-0.39, 0.29) is 5.97 Å². The standard InChI is InChI=1S/C19H30O3S/c1-4-5-6-7-8-9-10-22-18(20)14-23-13-17-11-15(2)19(21)16(3)12-17/h11-12,21H,4-10,13-14H2,1-3H3. The van der Waals surface area contributed by atoms with Crippen molar-refractivity contribution in [1.82, 2.24) is 0 Å². The average molecular weight is 339 g/mol. The summed E-state index contributed by atoms with van der Waals surface area (Å²) >= 11 is 1.56. The first-order valence-electron chi connectivity index (χ1n) is 8.57. The minimum absolute atomic E-state index is 0.129. The van der Waals surface area contributed by atoms with Gasteiger partial charge in [-0.05, 0) is 37.0 Å². The molecule has 0 aliphatic rings. The summed E-state index contributed by atoms with van der Waals surface area (Å²) in [5.41, 5.74) is 2.89. The molecule has 3 nitrogen and oxygen atoms in total. The molecule has 0 heterocycles. The van der Waals surface area contributed by atoms with Crippen LogP contribution in [0, 0.1) is 13.8 Å². The van der Waals surface area contributed by atoms with E-state index in [1.54, 1.807) is 11.8 Å². The van der Waals surface area contributed by atoms with Crippen LogP contribution in [0.1, 0.15) is 62.1 Å². The molecule has 0 radical (unpaired) electrons. The van der Waals surface area contributed by atoms with Gasteiger partial charge in [-0.15, -0.1) is 11.8 Å². The van der Waals surface area contributed by atoms with Crippen LogP contribution in [0.2, 0.25) is 0 Å². The van der Waals surface area contributed by atoms with E-state index in [9.17, 15) is 9.90 Å². The van der Waals surface area contributed by atoms with Crippen LogP contribution in [0.4, 0.5) is 0 Å². The molecular weight excluding hydrogens is 308 g/mol. The Kier molecular flexibility index (Phi) is 9.85. The van der Waals surface area contributed by atoms with Gasteiger partial charge in [0.1, 0.15) is 5.75 Å². The van der Waals surface area contributed by atoms with Gasteiger partial charge in [0, 0.05) is 5.75 Å². The Morgan fingerprint density at radius 1 is 1.09 bits per heavy atom. The van der Waals surface area contributed by atoms with E-state index in [1.807, 2.05) is 26.0 Å². The highest BCUT2D eigenvalue weighted by Crippen LogP contribution is 2.25. The fraction of sp³-hybridized carbons (Fsp3) is 0.632. The predicted octanol–water partition coefficient (Wildman–Crippen LogP) is 5.15. The van der Waals surface area contributed by atoms with Gasteiger partial charge in [-0.1, -0.05) is 51.2 Å². The third-order valence-corrected chi connectivity index (χ3v) is 4.78. The third kappa shape index (κ3) is 8.31. The Bertz CT molecular complexity index is 462. The SMILES string of the molecule is CCCCCCCCOC(=O)CSCc1cc(C)c(O)c(C)c1. The first-order valence-corrected chi connectivity index (χ1v) is 9.72. The van der Waals surface area contributed by atoms with Crippen molar-refractivity contribution in [3.8, 4) is 5.75 Å². The molecule has 23 heavy (non-hydrogen) atoms. The molecule has 0 atom stereocenters. The van der Waals surface area contributed by atoms with Gasteiger partial charge in [-0.3, -0.25) is 4.79 Å². The highest BCUT2D eigenvalue weighted by Gasteiger charge is 2.06. The number of hydrogen-bond donors (Lipinski definition) is 1. The maximum Gasteiger partial charge on any atom is 0.315 e. The lowest BCUT2D eigenvalue weighted by Crippen LogP contribution is -2.08. The molecule has 0 amide bonds. The molecule has 130 valence electrons. The highest BCUT2D eigenvalue weighted by molar-refractivity contribution is 7.99. The fourth-order valence-electron chi connectivity index (χ4n) is 2.49. The molecule has 0 aromatic heterocycles. The number of thioether (sulfide) groups is 1. The van der Waals surface area contributed by atoms with E-state index in [2.05, 4.69) is 6.92 Å². The Hall–Kier alpha value is -1.16. The Labute approximate surface area is 144 Å². The third-order valence-electron chi connectivity index (χ3n) is 3.80. The number of benzene rings is 1. The number of aromatic hydroxyl groups is 1. The number of aryl methyl sites for hydroxylation is 2. The number of phenolic OH excluding ortho intramolecular Hbond substituents is 1. The van der Waals surface area contributed by atoms with Crippen LogP contribution >= 0.6 is 11.8 Å². The number of phenols is 1. The van der Waals surface area contributed by atoms with Gasteiger partial charge in [0.05, 0.1) is 12.4 Å². The molecule has 0 spiro atoms. The molecule has 0 aliphatic heterocycles. The zero-order valence-electron chi connectivity index (χ0n) is 14.7. The smallest absolute Gasteiger partial charge is 0.315 e. The van der Waals surface area contributed by atoms with Gasteiger partial charge in [0.15, 0.2) is 0 Å². The van der Waals surface area contributed by atoms with E-state index >= 15 is 0 Å². The van der Waals surface area contributed by atoms with E-state index in [0.717, 1.165) is 35.3 Å². The lowest BCUT2D eigenvalue weighted by atomic mass is 10.1. The van der Waals surface area contributed by atoms with Crippen molar-refractivity contribution in [2.24, 2.45) is 0 Å². The molecule has 0 aliphatic carbocycles. The molecule has 0 fully saturated rings. The lowest BCUT2D eigenvalue weighted by Gasteiger charge is -2.08. The molecule has 0 saturated carbocycles. The van der Waals surface area contributed by atoms with Crippen molar-refractivity contribution < 1.29 is 14.6 Å². The topological polar surface area (TPSA) is 46.5 Å². The predicted molar refractivity (Wildman–Crippen MR) is 98.1 cm³/mol. The second-order valence-electron chi connectivity index (χ2n) is 6.06. The number of rotatable bonds is 11. The molecule has 0 unspecified atom stereocenters. The Balaban J connectivity index is 2.12. The van der Waals surface area contributed by atoms with Crippen LogP contribution in [0.15, 0.2) is 12.1 Å². The summed E-state index contributed by atoms with van der Waals surface area (Å²) in [7, 11) is 0. The van der Waals surface area contributed by atoms with Gasteiger partial charge in [-0.25, -0.2) is 0 Å². The molecular formula is C19H30O3S. The van der Waals surface area contributed by atoms with Crippen molar-refractivity contribution in [2.75, 3.05) is 12.4 Å². The molecule has 0 bridgehead atoms. The summed E-state index contributed by atoms with van der Waals surface area (Å²) in [5, 5.41) is 9.75. The summed E-state index contributed by atoms with van der Waals surface area (Å²) in [5.74, 6) is 1.37. The maximum absolute atomic E-state index is 11.7. The van der Waals surface area contributed by atoms with Gasteiger partial charge < -0.3 is 9.84 Å². The average Bonchev–Trinajstić information content (AvgIpc) is 2.51. The minimum atomic E-state index is -0.129. The molecule has 1 aromatic rings. The second-order valence-corrected chi connectivity index (χ2v) is 7.04. The summed E-state index contributed by atoms with van der Waals surface area (Å²) < 4.78 is 5.25. The fourth-order valence-corrected chi connectivity index (χ4v) is 3.25. The molecule has 0 saturated heterocycles. The van der Waals surface area contributed by atoms with Crippen LogP contribution in [0.3, 0.4) is 0 Å². The zero-order valence-corrected chi connectivity index (χ0v) is 15.5. The summed E-state index contributed by atoms with van der Waals surface area (Å²) in [6.07, 6.45) is 7.19. The molecule has 1 N–H and O–H groups in total. The van der Waals surface area contributed by atoms with Crippen molar-refractivity contribution in [3.05, 3.63) is 28.8 Å². The van der Waals surface area contributed by atoms with E-state index in [0.29, 0.717) is 18.1 Å². The van der Waals surface area contributed by atoms with Crippen LogP contribution in [0.25, 0.3) is 0 Å². The summed E-state index contributed by atoms with van der Waals surface area (Å²) in [6, 6.07) is 3.94. The van der Waals surface area contributed by atoms with Crippen LogP contribution < -0.4 is 0 Å². The number of ether oxygens (including phenoxy) is 1. The first kappa shape index (κ1) is 19.9. The van der Waals surface area contributed by atoms with Gasteiger partial charge in [-0.2, -0.15) is 0 Å². The van der Waals surface area contributed by atoms with E-state index in [1.165, 1.54) is 25.7 Å². The van der Waals surface area contributed by atoms with Crippen LogP contribution in [0.5, 0.6) is 5.75 Å². The maximum atomic E-state index is 11.7. The molecule has 1 aromatic carbocycles. The number of carbonyl (C=O) groups excluding carboxylic acids is 1. The van der Waals surface area contributed by atoms with Crippen molar-refractivity contribution >= 4 is 17.7 Å². The van der Waals surface area contributed by atoms with Crippen molar-refractivity contribution in [2.45, 2.75) is 65.0 Å². The monoisotopic (exact) mass is 338 g/mol. The van der Waals surface area contributed by atoms with E-state index < -0.39 is 0 Å². The number of carbonyl (C=O) groups is 1. The van der Waals surface area contributed by atoms with Crippen molar-refractivity contribution in [1.29, 1.82) is 0 Å². The largest absolute Gasteiger partial charge is 0.507 e. The van der Waals surface area contributed by atoms with Gasteiger partial charge in [0.25, 0.3) is 0 Å². The Morgan fingerprint density at radius 3 is 2.35 bits per heavy atom. The summed E-state index contributed by atoms with van der Waals surface area (Å²) in [6.45, 7) is 6.54. The van der Waals surface area contributed by atoms with Crippen molar-refractivity contribution in [3.63, 3.8) is 0 Å². The Morgan fingerprint density at radius 2 is 1.70 bits per heavy atom. The lowest BCUT2D eigenvalue weighted by molar-refractivity contribution is -0.140. The molecule has 4 heteroatoms. The quantitative estimate of drug-likeness (QED) is 0.448. The van der Waals surface area contributed by atoms with Crippen LogP contribution in [-0.2, 0) is 15.3 Å². The number of unbranched alkanes of at least 4 members (excludes halogenated alkanes) is 5. The van der Waals surface area contributed by atoms with E-state index in [4.69, 9.17) is 4.74 Å². The van der Waals surface area contributed by atoms with Gasteiger partial charge in [0.2, 0.25) is 0 Å². The first-order chi connectivity index (χ1) is 11.0. The zero-order chi connectivity index (χ0) is 17.1. The highest BCUT2D eigenvalue weighted by atomic mass is 32.2. The van der Waals surface area contributed by atoms with Gasteiger partial charge >= 0.3 is 5.97 Å².